The summed E-state index contributed by atoms with van der Waals surface area (Å²) in [5.74, 6) is 2.12. The second kappa shape index (κ2) is 5.38. The number of hydrogen-bond donors (Lipinski definition) is 0. The molecule has 1 aromatic rings. The Labute approximate surface area is 95.1 Å². The van der Waals surface area contributed by atoms with Gasteiger partial charge in [0.1, 0.15) is 5.75 Å². The van der Waals surface area contributed by atoms with E-state index in [1.807, 2.05) is 24.3 Å². The zero-order valence-corrected chi connectivity index (χ0v) is 9.37. The van der Waals surface area contributed by atoms with Crippen LogP contribution in [0.1, 0.15) is 18.4 Å². The maximum Gasteiger partial charge on any atom is 0.189 e. The molecule has 0 aliphatic heterocycles. The van der Waals surface area contributed by atoms with Gasteiger partial charge in [0.15, 0.2) is 6.79 Å². The number of rotatable bonds is 6. The Morgan fingerprint density at radius 2 is 2.20 bits per heavy atom. The van der Waals surface area contributed by atoms with Crippen LogP contribution in [0.15, 0.2) is 24.3 Å². The third kappa shape index (κ3) is 3.73. The standard InChI is InChI=1S/C12H15ClO2/c13-7-11-2-1-3-12(6-11)15-9-14-8-10-4-5-10/h1-3,6,10H,4-5,7-9H2. The summed E-state index contributed by atoms with van der Waals surface area (Å²) in [7, 11) is 0. The molecule has 1 fully saturated rings. The fourth-order valence-electron chi connectivity index (χ4n) is 1.33. The number of alkyl halides is 1. The first kappa shape index (κ1) is 10.8. The van der Waals surface area contributed by atoms with Crippen LogP contribution in [0.4, 0.5) is 0 Å². The number of hydrogen-bond acceptors (Lipinski definition) is 2. The zero-order valence-electron chi connectivity index (χ0n) is 8.62. The second-order valence-electron chi connectivity index (χ2n) is 3.86. The van der Waals surface area contributed by atoms with Gasteiger partial charge in [-0.3, -0.25) is 0 Å². The summed E-state index contributed by atoms with van der Waals surface area (Å²) in [4.78, 5) is 0. The minimum atomic E-state index is 0.336. The van der Waals surface area contributed by atoms with E-state index in [4.69, 9.17) is 21.1 Å². The molecule has 0 amide bonds. The number of ether oxygens (including phenoxy) is 2. The summed E-state index contributed by atoms with van der Waals surface area (Å²) in [6.07, 6.45) is 2.61. The lowest BCUT2D eigenvalue weighted by Gasteiger charge is -2.07. The van der Waals surface area contributed by atoms with Crippen molar-refractivity contribution in [1.82, 2.24) is 0 Å². The zero-order chi connectivity index (χ0) is 10.5. The smallest absolute Gasteiger partial charge is 0.189 e. The van der Waals surface area contributed by atoms with Crippen LogP contribution >= 0.6 is 11.6 Å². The van der Waals surface area contributed by atoms with Gasteiger partial charge in [0.2, 0.25) is 0 Å². The monoisotopic (exact) mass is 226 g/mol. The molecule has 0 heterocycles. The summed E-state index contributed by atoms with van der Waals surface area (Å²) >= 11 is 5.72. The molecule has 1 aromatic carbocycles. The minimum Gasteiger partial charge on any atom is -0.468 e. The second-order valence-corrected chi connectivity index (χ2v) is 4.12. The van der Waals surface area contributed by atoms with Crippen molar-refractivity contribution in [2.24, 2.45) is 5.92 Å². The Bertz CT molecular complexity index is 310. The Morgan fingerprint density at radius 1 is 1.33 bits per heavy atom. The Morgan fingerprint density at radius 3 is 2.93 bits per heavy atom. The van der Waals surface area contributed by atoms with E-state index in [0.29, 0.717) is 12.7 Å². The van der Waals surface area contributed by atoms with Crippen molar-refractivity contribution in [1.29, 1.82) is 0 Å². The van der Waals surface area contributed by atoms with Crippen molar-refractivity contribution in [2.45, 2.75) is 18.7 Å². The van der Waals surface area contributed by atoms with Gasteiger partial charge in [0.05, 0.1) is 6.61 Å². The van der Waals surface area contributed by atoms with E-state index in [9.17, 15) is 0 Å². The molecule has 2 rings (SSSR count). The fraction of sp³-hybridized carbons (Fsp3) is 0.500. The molecule has 1 aliphatic rings. The van der Waals surface area contributed by atoms with E-state index < -0.39 is 0 Å². The Balaban J connectivity index is 1.71. The van der Waals surface area contributed by atoms with Crippen molar-refractivity contribution < 1.29 is 9.47 Å². The average Bonchev–Trinajstić information content (AvgIpc) is 3.09. The predicted molar refractivity (Wildman–Crippen MR) is 60.2 cm³/mol. The molecule has 15 heavy (non-hydrogen) atoms. The van der Waals surface area contributed by atoms with Gasteiger partial charge in [-0.15, -0.1) is 11.6 Å². The number of halogens is 1. The van der Waals surface area contributed by atoms with Crippen LogP contribution < -0.4 is 4.74 Å². The van der Waals surface area contributed by atoms with Crippen LogP contribution in [0.25, 0.3) is 0 Å². The van der Waals surface area contributed by atoms with Crippen molar-refractivity contribution in [3.63, 3.8) is 0 Å². The quantitative estimate of drug-likeness (QED) is 0.421. The predicted octanol–water partition coefficient (Wildman–Crippen LogP) is 3.19. The van der Waals surface area contributed by atoms with E-state index in [1.165, 1.54) is 12.8 Å². The summed E-state index contributed by atoms with van der Waals surface area (Å²) in [6.45, 7) is 1.16. The van der Waals surface area contributed by atoms with Gasteiger partial charge in [-0.2, -0.15) is 0 Å². The summed E-state index contributed by atoms with van der Waals surface area (Å²) < 4.78 is 10.8. The molecule has 82 valence electrons. The molecular weight excluding hydrogens is 212 g/mol. The topological polar surface area (TPSA) is 18.5 Å². The number of benzene rings is 1. The van der Waals surface area contributed by atoms with Gasteiger partial charge in [-0.05, 0) is 36.5 Å². The molecule has 3 heteroatoms. The first-order valence-corrected chi connectivity index (χ1v) is 5.77. The Kier molecular flexibility index (Phi) is 3.87. The molecule has 1 aliphatic carbocycles. The van der Waals surface area contributed by atoms with Crippen molar-refractivity contribution in [3.05, 3.63) is 29.8 Å². The molecule has 0 spiro atoms. The van der Waals surface area contributed by atoms with Crippen LogP contribution in [0.2, 0.25) is 0 Å². The van der Waals surface area contributed by atoms with Gasteiger partial charge < -0.3 is 9.47 Å². The van der Waals surface area contributed by atoms with Crippen LogP contribution in [-0.2, 0) is 10.6 Å². The molecule has 0 atom stereocenters. The molecule has 2 nitrogen and oxygen atoms in total. The van der Waals surface area contributed by atoms with Gasteiger partial charge in [-0.25, -0.2) is 0 Å². The first-order valence-electron chi connectivity index (χ1n) is 5.24. The first-order chi connectivity index (χ1) is 7.38. The maximum atomic E-state index is 5.72. The van der Waals surface area contributed by atoms with E-state index in [0.717, 1.165) is 23.8 Å². The molecule has 1 saturated carbocycles. The van der Waals surface area contributed by atoms with Gasteiger partial charge in [0.25, 0.3) is 0 Å². The highest BCUT2D eigenvalue weighted by Crippen LogP contribution is 2.28. The molecule has 0 saturated heterocycles. The molecular formula is C12H15ClO2. The Hall–Kier alpha value is -0.730. The fourth-order valence-corrected chi connectivity index (χ4v) is 1.49. The molecule has 0 bridgehead atoms. The van der Waals surface area contributed by atoms with Gasteiger partial charge in [-0.1, -0.05) is 12.1 Å². The van der Waals surface area contributed by atoms with E-state index in [-0.39, 0.29) is 0 Å². The van der Waals surface area contributed by atoms with Crippen molar-refractivity contribution in [2.75, 3.05) is 13.4 Å². The minimum absolute atomic E-state index is 0.336. The molecule has 0 unspecified atom stereocenters. The third-order valence-corrected chi connectivity index (χ3v) is 2.72. The summed E-state index contributed by atoms with van der Waals surface area (Å²) in [5.41, 5.74) is 1.07. The lowest BCUT2D eigenvalue weighted by Crippen LogP contribution is -2.05. The van der Waals surface area contributed by atoms with Gasteiger partial charge in [0, 0.05) is 5.88 Å². The lowest BCUT2D eigenvalue weighted by atomic mass is 10.2. The molecule has 0 aromatic heterocycles. The van der Waals surface area contributed by atoms with Crippen molar-refractivity contribution >= 4 is 11.6 Å². The summed E-state index contributed by atoms with van der Waals surface area (Å²) in [6, 6.07) is 7.77. The van der Waals surface area contributed by atoms with E-state index in [2.05, 4.69) is 0 Å². The van der Waals surface area contributed by atoms with Crippen LogP contribution in [0, 0.1) is 5.92 Å². The van der Waals surface area contributed by atoms with Crippen molar-refractivity contribution in [3.8, 4) is 5.75 Å². The largest absolute Gasteiger partial charge is 0.468 e. The van der Waals surface area contributed by atoms with Crippen LogP contribution in [0.3, 0.4) is 0 Å². The maximum absolute atomic E-state index is 5.72. The highest BCUT2D eigenvalue weighted by Gasteiger charge is 2.20. The highest BCUT2D eigenvalue weighted by molar-refractivity contribution is 6.17. The summed E-state index contributed by atoms with van der Waals surface area (Å²) in [5, 5.41) is 0. The lowest BCUT2D eigenvalue weighted by molar-refractivity contribution is 0.00996. The molecule has 0 radical (unpaired) electrons. The average molecular weight is 227 g/mol. The van der Waals surface area contributed by atoms with Gasteiger partial charge >= 0.3 is 0 Å². The SMILES string of the molecule is ClCc1cccc(OCOCC2CC2)c1. The van der Waals surface area contributed by atoms with E-state index in [1.54, 1.807) is 0 Å². The molecule has 0 N–H and O–H groups in total. The van der Waals surface area contributed by atoms with E-state index >= 15 is 0 Å². The van der Waals surface area contributed by atoms with Crippen LogP contribution in [-0.4, -0.2) is 13.4 Å². The highest BCUT2D eigenvalue weighted by atomic mass is 35.5. The van der Waals surface area contributed by atoms with Crippen LogP contribution in [0.5, 0.6) is 5.75 Å². The third-order valence-electron chi connectivity index (χ3n) is 2.41. The normalized spacial score (nSPS) is 15.3.